The van der Waals surface area contributed by atoms with Crippen molar-refractivity contribution in [3.05, 3.63) is 65.5 Å². The minimum absolute atomic E-state index is 0.0992. The van der Waals surface area contributed by atoms with Gasteiger partial charge >= 0.3 is 6.09 Å². The van der Waals surface area contributed by atoms with Crippen molar-refractivity contribution in [1.82, 2.24) is 10.2 Å². The Morgan fingerprint density at radius 1 is 1.09 bits per heavy atom. The largest absolute Gasteiger partial charge is 0.438 e. The Morgan fingerprint density at radius 2 is 1.76 bits per heavy atom. The Bertz CT molecular complexity index is 1020. The van der Waals surface area contributed by atoms with Crippen LogP contribution in [0.2, 0.25) is 0 Å². The summed E-state index contributed by atoms with van der Waals surface area (Å²) in [6.45, 7) is 4.31. The molecule has 1 saturated heterocycles. The van der Waals surface area contributed by atoms with Gasteiger partial charge in [0.1, 0.15) is 5.82 Å². The zero-order chi connectivity index (χ0) is 23.5. The number of halogens is 1. The molecule has 1 aliphatic carbocycles. The van der Waals surface area contributed by atoms with Gasteiger partial charge in [-0.3, -0.25) is 14.5 Å². The molecule has 2 aromatic carbocycles. The van der Waals surface area contributed by atoms with Crippen molar-refractivity contribution in [2.24, 2.45) is 11.8 Å². The summed E-state index contributed by atoms with van der Waals surface area (Å²) in [6.07, 6.45) is 0.777. The van der Waals surface area contributed by atoms with Gasteiger partial charge in [0, 0.05) is 18.2 Å². The normalized spacial score (nSPS) is 20.0. The molecule has 1 saturated carbocycles. The van der Waals surface area contributed by atoms with Crippen molar-refractivity contribution >= 4 is 23.6 Å². The molecule has 1 aliphatic heterocycles. The van der Waals surface area contributed by atoms with E-state index >= 15 is 0 Å². The number of anilines is 1. The van der Waals surface area contributed by atoms with Crippen LogP contribution in [0.25, 0.3) is 0 Å². The molecule has 33 heavy (non-hydrogen) atoms. The van der Waals surface area contributed by atoms with Crippen molar-refractivity contribution in [3.63, 3.8) is 0 Å². The van der Waals surface area contributed by atoms with Gasteiger partial charge in [0.25, 0.3) is 0 Å². The summed E-state index contributed by atoms with van der Waals surface area (Å²) in [4.78, 5) is 39.2. The van der Waals surface area contributed by atoms with Gasteiger partial charge in [0.15, 0.2) is 12.1 Å². The molecule has 2 aliphatic rings. The highest BCUT2D eigenvalue weighted by Gasteiger charge is 2.47. The van der Waals surface area contributed by atoms with E-state index in [-0.39, 0.29) is 30.1 Å². The summed E-state index contributed by atoms with van der Waals surface area (Å²) in [6, 6.07) is 11.9. The first-order chi connectivity index (χ1) is 15.8. The molecule has 0 aromatic heterocycles. The summed E-state index contributed by atoms with van der Waals surface area (Å²) in [5.74, 6) is -0.418. The van der Waals surface area contributed by atoms with E-state index in [1.165, 1.54) is 17.0 Å². The van der Waals surface area contributed by atoms with Gasteiger partial charge in [0.2, 0.25) is 11.8 Å². The minimum atomic E-state index is -0.864. The van der Waals surface area contributed by atoms with Crippen molar-refractivity contribution in [3.8, 4) is 0 Å². The fraction of sp³-hybridized carbons (Fsp3) is 0.400. The van der Waals surface area contributed by atoms with Crippen LogP contribution < -0.4 is 10.6 Å². The molecule has 0 spiro atoms. The van der Waals surface area contributed by atoms with Crippen molar-refractivity contribution in [2.75, 3.05) is 11.9 Å². The smallest absolute Gasteiger partial charge is 0.411 e. The highest BCUT2D eigenvalue weighted by atomic mass is 19.1. The number of carbonyl (C=O) groups is 3. The van der Waals surface area contributed by atoms with Gasteiger partial charge in [0.05, 0.1) is 6.54 Å². The van der Waals surface area contributed by atoms with Crippen LogP contribution in [-0.4, -0.2) is 35.4 Å². The zero-order valence-corrected chi connectivity index (χ0v) is 18.7. The first-order valence-corrected chi connectivity index (χ1v) is 11.2. The van der Waals surface area contributed by atoms with E-state index in [2.05, 4.69) is 10.6 Å². The Morgan fingerprint density at radius 3 is 2.36 bits per heavy atom. The number of hydrogen-bond donors (Lipinski definition) is 2. The van der Waals surface area contributed by atoms with Crippen LogP contribution in [0.5, 0.6) is 0 Å². The predicted octanol–water partition coefficient (Wildman–Crippen LogP) is 4.01. The maximum absolute atomic E-state index is 13.3. The molecule has 3 amide bonds. The van der Waals surface area contributed by atoms with E-state index in [0.29, 0.717) is 29.3 Å². The molecule has 2 atom stereocenters. The monoisotopic (exact) mass is 453 g/mol. The van der Waals surface area contributed by atoms with Crippen LogP contribution in [0.15, 0.2) is 48.5 Å². The van der Waals surface area contributed by atoms with E-state index in [4.69, 9.17) is 4.74 Å². The van der Waals surface area contributed by atoms with E-state index in [9.17, 15) is 18.8 Å². The van der Waals surface area contributed by atoms with Gasteiger partial charge in [-0.2, -0.15) is 0 Å². The Hall–Kier alpha value is -3.42. The van der Waals surface area contributed by atoms with Crippen LogP contribution in [0.1, 0.15) is 43.9 Å². The predicted molar refractivity (Wildman–Crippen MR) is 121 cm³/mol. The summed E-state index contributed by atoms with van der Waals surface area (Å²) in [5, 5.41) is 5.77. The number of benzene rings is 2. The summed E-state index contributed by atoms with van der Waals surface area (Å²) < 4.78 is 18.9. The van der Waals surface area contributed by atoms with Crippen molar-refractivity contribution < 1.29 is 23.5 Å². The molecular formula is C25H28FN3O4. The Balaban J connectivity index is 1.55. The van der Waals surface area contributed by atoms with Crippen molar-refractivity contribution in [2.45, 2.75) is 45.4 Å². The molecular weight excluding hydrogens is 425 g/mol. The van der Waals surface area contributed by atoms with Gasteiger partial charge < -0.3 is 15.4 Å². The number of rotatable bonds is 8. The van der Waals surface area contributed by atoms with E-state index in [1.807, 2.05) is 13.8 Å². The summed E-state index contributed by atoms with van der Waals surface area (Å²) >= 11 is 0. The second-order valence-electron chi connectivity index (χ2n) is 8.96. The molecule has 7 nitrogen and oxygen atoms in total. The molecule has 2 unspecified atom stereocenters. The number of nitrogens with one attached hydrogen (secondary N) is 2. The lowest BCUT2D eigenvalue weighted by molar-refractivity contribution is -0.126. The van der Waals surface area contributed by atoms with Crippen LogP contribution in [-0.2, 0) is 20.9 Å². The molecule has 1 heterocycles. The summed E-state index contributed by atoms with van der Waals surface area (Å²) in [5.41, 5.74) is 1.97. The lowest BCUT2D eigenvalue weighted by atomic mass is 10.00. The molecule has 4 rings (SSSR count). The maximum atomic E-state index is 13.3. The number of ether oxygens (including phenoxy) is 1. The molecule has 8 heteroatoms. The second-order valence-corrected chi connectivity index (χ2v) is 8.96. The van der Waals surface area contributed by atoms with Gasteiger partial charge in [-0.05, 0) is 54.2 Å². The average Bonchev–Trinajstić information content (AvgIpc) is 3.57. The lowest BCUT2D eigenvalue weighted by Crippen LogP contribution is -2.46. The highest BCUT2D eigenvalue weighted by Crippen LogP contribution is 2.35. The SMILES string of the molecule is CC(C)C(=O)Nc1ccc(C2OC(=O)N(Cc3ccc(F)cc3)C2C(=O)NCC2CC2)cc1. The molecule has 2 aromatic rings. The third kappa shape index (κ3) is 5.50. The van der Waals surface area contributed by atoms with Crippen molar-refractivity contribution in [1.29, 1.82) is 0 Å². The molecule has 174 valence electrons. The van der Waals surface area contributed by atoms with Crippen LogP contribution in [0, 0.1) is 17.7 Å². The molecule has 0 radical (unpaired) electrons. The average molecular weight is 454 g/mol. The fourth-order valence-corrected chi connectivity index (χ4v) is 3.71. The zero-order valence-electron chi connectivity index (χ0n) is 18.7. The van der Waals surface area contributed by atoms with Crippen LogP contribution in [0.4, 0.5) is 14.9 Å². The molecule has 2 N–H and O–H groups in total. The highest BCUT2D eigenvalue weighted by molar-refractivity contribution is 5.92. The number of nitrogens with zero attached hydrogens (tertiary/aromatic N) is 1. The van der Waals surface area contributed by atoms with Gasteiger partial charge in [-0.15, -0.1) is 0 Å². The molecule has 2 fully saturated rings. The first kappa shape index (κ1) is 22.8. The van der Waals surface area contributed by atoms with Crippen LogP contribution in [0.3, 0.4) is 0 Å². The number of carbonyl (C=O) groups excluding carboxylic acids is 3. The van der Waals surface area contributed by atoms with Crippen LogP contribution >= 0.6 is 0 Å². The van der Waals surface area contributed by atoms with E-state index in [0.717, 1.165) is 12.8 Å². The number of cyclic esters (lactones) is 1. The van der Waals surface area contributed by atoms with E-state index in [1.54, 1.807) is 36.4 Å². The fourth-order valence-electron chi connectivity index (χ4n) is 3.71. The molecule has 0 bridgehead atoms. The topological polar surface area (TPSA) is 87.7 Å². The Kier molecular flexibility index (Phi) is 6.62. The maximum Gasteiger partial charge on any atom is 0.411 e. The third-order valence-corrected chi connectivity index (χ3v) is 5.91. The second kappa shape index (κ2) is 9.60. The van der Waals surface area contributed by atoms with Gasteiger partial charge in [-0.1, -0.05) is 38.1 Å². The number of hydrogen-bond acceptors (Lipinski definition) is 4. The summed E-state index contributed by atoms with van der Waals surface area (Å²) in [7, 11) is 0. The third-order valence-electron chi connectivity index (χ3n) is 5.91. The lowest BCUT2D eigenvalue weighted by Gasteiger charge is -2.24. The first-order valence-electron chi connectivity index (χ1n) is 11.2. The minimum Gasteiger partial charge on any atom is -0.438 e. The van der Waals surface area contributed by atoms with Gasteiger partial charge in [-0.25, -0.2) is 9.18 Å². The Labute approximate surface area is 192 Å². The van der Waals surface area contributed by atoms with E-state index < -0.39 is 18.2 Å². The quantitative estimate of drug-likeness (QED) is 0.632. The standard InChI is InChI=1S/C25H28FN3O4/c1-15(2)23(30)28-20-11-7-18(8-12-20)22-21(24(31)27-13-16-3-4-16)29(25(32)33-22)14-17-5-9-19(26)10-6-17/h5-12,15-16,21-22H,3-4,13-14H2,1-2H3,(H,27,31)(H,28,30). The number of amides is 3.